The van der Waals surface area contributed by atoms with E-state index in [9.17, 15) is 9.59 Å². The Hall–Kier alpha value is -3.02. The van der Waals surface area contributed by atoms with E-state index in [4.69, 9.17) is 11.5 Å². The third kappa shape index (κ3) is 4.24. The zero-order valence-corrected chi connectivity index (χ0v) is 12.0. The molecule has 6 heteroatoms. The van der Waals surface area contributed by atoms with E-state index in [0.29, 0.717) is 30.6 Å². The van der Waals surface area contributed by atoms with Gasteiger partial charge in [0.1, 0.15) is 0 Å². The molecule has 0 heterocycles. The number of hydrogen-bond acceptors (Lipinski definition) is 4. The fourth-order valence-corrected chi connectivity index (χ4v) is 1.94. The van der Waals surface area contributed by atoms with Crippen molar-refractivity contribution in [2.24, 2.45) is 5.73 Å². The second-order valence-electron chi connectivity index (χ2n) is 4.84. The summed E-state index contributed by atoms with van der Waals surface area (Å²) in [6, 6.07) is 14.4. The monoisotopic (exact) mass is 298 g/mol. The Balaban J connectivity index is 2.05. The smallest absolute Gasteiger partial charge is 0.232 e. The molecule has 0 aliphatic rings. The van der Waals surface area contributed by atoms with Crippen LogP contribution in [0.4, 0.5) is 17.1 Å². The summed E-state index contributed by atoms with van der Waals surface area (Å²) >= 11 is 0. The van der Waals surface area contributed by atoms with Crippen LogP contribution >= 0.6 is 0 Å². The maximum absolute atomic E-state index is 11.3. The molecule has 0 fully saturated rings. The van der Waals surface area contributed by atoms with E-state index >= 15 is 0 Å². The first kappa shape index (κ1) is 15.4. The van der Waals surface area contributed by atoms with Gasteiger partial charge in [-0.3, -0.25) is 15.0 Å². The summed E-state index contributed by atoms with van der Waals surface area (Å²) in [4.78, 5) is 22.0. The van der Waals surface area contributed by atoms with Gasteiger partial charge in [0.05, 0.1) is 11.4 Å². The highest BCUT2D eigenvalue weighted by molar-refractivity contribution is 5.79. The average molecular weight is 298 g/mol. The number of aryl methyl sites for hydroxylation is 1. The first-order valence-electron chi connectivity index (χ1n) is 6.82. The number of carbonyl (C=O) groups is 2. The third-order valence-corrected chi connectivity index (χ3v) is 3.14. The standard InChI is InChI=1S/C16H18N4O2/c17-13-4-6-14(7-5-13)19-20(11-21)15-8-1-12(2-9-15)3-10-16(18)22/h1-2,4-9,11,19H,3,10,17H2,(H2,18,22). The van der Waals surface area contributed by atoms with E-state index in [1.807, 2.05) is 12.1 Å². The van der Waals surface area contributed by atoms with Crippen molar-refractivity contribution in [1.82, 2.24) is 0 Å². The van der Waals surface area contributed by atoms with Gasteiger partial charge in [-0.05, 0) is 48.4 Å². The second kappa shape index (κ2) is 7.12. The molecule has 0 unspecified atom stereocenters. The number of nitrogens with two attached hydrogens (primary N) is 2. The fourth-order valence-electron chi connectivity index (χ4n) is 1.94. The lowest BCUT2D eigenvalue weighted by Crippen LogP contribution is -2.27. The molecule has 2 rings (SSSR count). The SMILES string of the molecule is NC(=O)CCc1ccc(N(C=O)Nc2ccc(N)cc2)cc1. The Morgan fingerprint density at radius 3 is 2.27 bits per heavy atom. The minimum Gasteiger partial charge on any atom is -0.399 e. The third-order valence-electron chi connectivity index (χ3n) is 3.14. The van der Waals surface area contributed by atoms with Crippen molar-refractivity contribution in [2.75, 3.05) is 16.2 Å². The minimum atomic E-state index is -0.330. The highest BCUT2D eigenvalue weighted by atomic mass is 16.1. The van der Waals surface area contributed by atoms with Crippen molar-refractivity contribution in [3.63, 3.8) is 0 Å². The second-order valence-corrected chi connectivity index (χ2v) is 4.84. The van der Waals surface area contributed by atoms with E-state index in [1.54, 1.807) is 36.4 Å². The van der Waals surface area contributed by atoms with Gasteiger partial charge in [-0.15, -0.1) is 0 Å². The Bertz CT molecular complexity index is 638. The normalized spacial score (nSPS) is 10.0. The number of nitrogen functional groups attached to an aromatic ring is 1. The van der Waals surface area contributed by atoms with Gasteiger partial charge in [0.15, 0.2) is 0 Å². The number of hydrazine groups is 1. The molecular weight excluding hydrogens is 280 g/mol. The highest BCUT2D eigenvalue weighted by Crippen LogP contribution is 2.18. The summed E-state index contributed by atoms with van der Waals surface area (Å²) in [6.45, 7) is 0. The van der Waals surface area contributed by atoms with Gasteiger partial charge in [-0.2, -0.15) is 0 Å². The summed E-state index contributed by atoms with van der Waals surface area (Å²) in [5.41, 5.74) is 16.8. The molecule has 0 saturated carbocycles. The van der Waals surface area contributed by atoms with E-state index < -0.39 is 0 Å². The van der Waals surface area contributed by atoms with Gasteiger partial charge in [0, 0.05) is 12.1 Å². The summed E-state index contributed by atoms with van der Waals surface area (Å²) in [6.07, 6.45) is 1.58. The number of benzene rings is 2. The predicted octanol–water partition coefficient (Wildman–Crippen LogP) is 1.68. The first-order valence-corrected chi connectivity index (χ1v) is 6.82. The number of nitrogens with one attached hydrogen (secondary N) is 1. The van der Waals surface area contributed by atoms with Crippen LogP contribution in [0, 0.1) is 0 Å². The lowest BCUT2D eigenvalue weighted by atomic mass is 10.1. The van der Waals surface area contributed by atoms with Crippen molar-refractivity contribution >= 4 is 29.4 Å². The molecule has 2 amide bonds. The van der Waals surface area contributed by atoms with Crippen LogP contribution < -0.4 is 21.9 Å². The van der Waals surface area contributed by atoms with E-state index in [0.717, 1.165) is 11.3 Å². The van der Waals surface area contributed by atoms with Crippen molar-refractivity contribution in [3.8, 4) is 0 Å². The summed E-state index contributed by atoms with van der Waals surface area (Å²) < 4.78 is 0. The van der Waals surface area contributed by atoms with Crippen molar-refractivity contribution in [1.29, 1.82) is 0 Å². The van der Waals surface area contributed by atoms with E-state index in [1.165, 1.54) is 5.01 Å². The number of hydrogen-bond donors (Lipinski definition) is 3. The summed E-state index contributed by atoms with van der Waals surface area (Å²) in [5.74, 6) is -0.330. The lowest BCUT2D eigenvalue weighted by Gasteiger charge is -2.20. The molecule has 0 saturated heterocycles. The van der Waals surface area contributed by atoms with Gasteiger partial charge in [0.2, 0.25) is 12.3 Å². The zero-order chi connectivity index (χ0) is 15.9. The van der Waals surface area contributed by atoms with Crippen LogP contribution in [0.2, 0.25) is 0 Å². The molecule has 114 valence electrons. The molecule has 0 aliphatic carbocycles. The minimum absolute atomic E-state index is 0.306. The van der Waals surface area contributed by atoms with Crippen molar-refractivity contribution < 1.29 is 9.59 Å². The highest BCUT2D eigenvalue weighted by Gasteiger charge is 2.06. The van der Waals surface area contributed by atoms with Crippen LogP contribution in [0.25, 0.3) is 0 Å². The number of amides is 2. The molecular formula is C16H18N4O2. The Kier molecular flexibility index (Phi) is 4.98. The number of anilines is 3. The molecule has 0 aromatic heterocycles. The Morgan fingerprint density at radius 2 is 1.73 bits per heavy atom. The largest absolute Gasteiger partial charge is 0.399 e. The number of carbonyl (C=O) groups excluding carboxylic acids is 2. The quantitative estimate of drug-likeness (QED) is 0.411. The molecule has 0 aliphatic heterocycles. The molecule has 0 radical (unpaired) electrons. The maximum atomic E-state index is 11.3. The molecule has 0 spiro atoms. The van der Waals surface area contributed by atoms with Crippen LogP contribution in [0.1, 0.15) is 12.0 Å². The van der Waals surface area contributed by atoms with Crippen LogP contribution in [0.15, 0.2) is 48.5 Å². The average Bonchev–Trinajstić information content (AvgIpc) is 2.53. The van der Waals surface area contributed by atoms with E-state index in [-0.39, 0.29) is 5.91 Å². The molecule has 0 atom stereocenters. The van der Waals surface area contributed by atoms with Crippen LogP contribution in [0.5, 0.6) is 0 Å². The van der Waals surface area contributed by atoms with Gasteiger partial charge >= 0.3 is 0 Å². The summed E-state index contributed by atoms with van der Waals surface area (Å²) in [7, 11) is 0. The number of rotatable bonds is 7. The van der Waals surface area contributed by atoms with Crippen LogP contribution in [0.3, 0.4) is 0 Å². The van der Waals surface area contributed by atoms with Crippen molar-refractivity contribution in [3.05, 3.63) is 54.1 Å². The van der Waals surface area contributed by atoms with Gasteiger partial charge in [-0.25, -0.2) is 5.01 Å². The van der Waals surface area contributed by atoms with Crippen molar-refractivity contribution in [2.45, 2.75) is 12.8 Å². The molecule has 2 aromatic carbocycles. The molecule has 6 nitrogen and oxygen atoms in total. The van der Waals surface area contributed by atoms with Gasteiger partial charge in [0.25, 0.3) is 0 Å². The molecule has 5 N–H and O–H groups in total. The predicted molar refractivity (Wildman–Crippen MR) is 87.0 cm³/mol. The van der Waals surface area contributed by atoms with Crippen LogP contribution in [-0.2, 0) is 16.0 Å². The molecule has 22 heavy (non-hydrogen) atoms. The molecule has 2 aromatic rings. The maximum Gasteiger partial charge on any atom is 0.232 e. The first-order chi connectivity index (χ1) is 10.6. The topological polar surface area (TPSA) is 101 Å². The van der Waals surface area contributed by atoms with E-state index in [2.05, 4.69) is 5.43 Å². The summed E-state index contributed by atoms with van der Waals surface area (Å²) in [5, 5.41) is 1.36. The van der Waals surface area contributed by atoms with Gasteiger partial charge in [-0.1, -0.05) is 12.1 Å². The molecule has 0 bridgehead atoms. The lowest BCUT2D eigenvalue weighted by molar-refractivity contribution is -0.118. The Morgan fingerprint density at radius 1 is 1.09 bits per heavy atom. The number of primary amides is 1. The van der Waals surface area contributed by atoms with Crippen LogP contribution in [-0.4, -0.2) is 12.3 Å². The number of nitrogens with zero attached hydrogens (tertiary/aromatic N) is 1. The Labute approximate surface area is 128 Å². The zero-order valence-electron chi connectivity index (χ0n) is 12.0. The fraction of sp³-hybridized carbons (Fsp3) is 0.125. The van der Waals surface area contributed by atoms with Gasteiger partial charge < -0.3 is 11.5 Å².